The number of amides is 1. The Morgan fingerprint density at radius 3 is 1.94 bits per heavy atom. The molecule has 2 saturated heterocycles. The predicted octanol–water partition coefficient (Wildman–Crippen LogP) is 0.660. The van der Waals surface area contributed by atoms with Gasteiger partial charge in [-0.15, -0.1) is 0 Å². The van der Waals surface area contributed by atoms with Crippen LogP contribution in [0.2, 0.25) is 0 Å². The van der Waals surface area contributed by atoms with Gasteiger partial charge in [-0.25, -0.2) is 0 Å². The summed E-state index contributed by atoms with van der Waals surface area (Å²) in [5, 5.41) is 6.48. The first-order valence-electron chi connectivity index (χ1n) is 16.1. The largest absolute Gasteiger partial charge is 0.454 e. The molecule has 4 atom stereocenters. The summed E-state index contributed by atoms with van der Waals surface area (Å²) in [5.41, 5.74) is 26.6. The van der Waals surface area contributed by atoms with Crippen molar-refractivity contribution in [3.8, 4) is 11.5 Å². The number of nitrogens with two attached hydrogens (primary N) is 4. The van der Waals surface area contributed by atoms with Gasteiger partial charge >= 0.3 is 0 Å². The molecular formula is C32H40N12O4. The molecule has 16 heteroatoms. The lowest BCUT2D eigenvalue weighted by molar-refractivity contribution is 0.102. The average Bonchev–Trinajstić information content (AvgIpc) is 3.52. The maximum Gasteiger partial charge on any atom is 0.261 e. The number of pyridine rings is 1. The van der Waals surface area contributed by atoms with Crippen molar-refractivity contribution in [3.63, 3.8) is 0 Å². The summed E-state index contributed by atoms with van der Waals surface area (Å²) in [4.78, 5) is 44.9. The van der Waals surface area contributed by atoms with Crippen LogP contribution in [0.15, 0.2) is 47.4 Å². The minimum atomic E-state index is -0.523. The van der Waals surface area contributed by atoms with Crippen LogP contribution in [0.4, 0.5) is 29.2 Å². The Labute approximate surface area is 276 Å². The van der Waals surface area contributed by atoms with E-state index in [1.165, 1.54) is 0 Å². The molecule has 252 valence electrons. The molecule has 0 saturated carbocycles. The molecule has 2 aromatic carbocycles. The summed E-state index contributed by atoms with van der Waals surface area (Å²) in [6.07, 6.45) is 3.01. The number of carbonyl (C=O) groups is 1. The molecule has 7 rings (SSSR count). The van der Waals surface area contributed by atoms with Gasteiger partial charge in [0.05, 0.1) is 10.9 Å². The Balaban J connectivity index is 1.12. The van der Waals surface area contributed by atoms with E-state index in [1.807, 2.05) is 21.3 Å². The Bertz CT molecular complexity index is 1840. The van der Waals surface area contributed by atoms with E-state index in [9.17, 15) is 9.59 Å². The topological polar surface area (TPSA) is 231 Å². The highest BCUT2D eigenvalue weighted by molar-refractivity contribution is 6.06. The number of carbonyl (C=O) groups excluding carboxylic acids is 1. The van der Waals surface area contributed by atoms with Crippen LogP contribution in [-0.2, 0) is 6.54 Å². The van der Waals surface area contributed by atoms with E-state index >= 15 is 0 Å². The number of nitrogens with zero attached hydrogens (tertiary/aromatic N) is 6. The van der Waals surface area contributed by atoms with E-state index in [0.717, 1.165) is 12.8 Å². The molecule has 0 unspecified atom stereocenters. The van der Waals surface area contributed by atoms with E-state index in [1.54, 1.807) is 42.6 Å². The van der Waals surface area contributed by atoms with Crippen molar-refractivity contribution >= 4 is 46.0 Å². The van der Waals surface area contributed by atoms with Crippen molar-refractivity contribution in [3.05, 3.63) is 58.4 Å². The lowest BCUT2D eigenvalue weighted by Gasteiger charge is -2.37. The highest BCUT2D eigenvalue weighted by Crippen LogP contribution is 2.35. The number of aryl methyl sites for hydroxylation is 1. The number of fused-ring (bicyclic) bond motifs is 2. The molecule has 2 aromatic heterocycles. The SMILES string of the molecule is CCn1cc(C(=O)Nc2ccc(Nc3nc(N4C[C@H](N)C[C@H](N)C4)nc(N4C[C@H](N)C[C@H](N)C4)n3)cc2)c(=O)c2cc3c(cc21)OCO3. The van der Waals surface area contributed by atoms with E-state index < -0.39 is 11.3 Å². The van der Waals surface area contributed by atoms with Crippen molar-refractivity contribution in [1.82, 2.24) is 19.5 Å². The maximum absolute atomic E-state index is 13.4. The van der Waals surface area contributed by atoms with E-state index in [4.69, 9.17) is 47.4 Å². The van der Waals surface area contributed by atoms with Crippen molar-refractivity contribution in [1.29, 1.82) is 0 Å². The molecule has 2 fully saturated rings. The number of piperidine rings is 2. The fourth-order valence-corrected chi connectivity index (χ4v) is 6.54. The lowest BCUT2D eigenvalue weighted by atomic mass is 10.0. The van der Waals surface area contributed by atoms with Crippen LogP contribution in [0.1, 0.15) is 30.1 Å². The number of anilines is 5. The summed E-state index contributed by atoms with van der Waals surface area (Å²) in [6.45, 7) is 4.83. The fourth-order valence-electron chi connectivity index (χ4n) is 6.54. The third-order valence-electron chi connectivity index (χ3n) is 8.77. The lowest BCUT2D eigenvalue weighted by Crippen LogP contribution is -2.54. The predicted molar refractivity (Wildman–Crippen MR) is 183 cm³/mol. The molecule has 1 amide bonds. The zero-order valence-corrected chi connectivity index (χ0v) is 26.6. The first-order chi connectivity index (χ1) is 23.1. The zero-order chi connectivity index (χ0) is 33.5. The molecule has 3 aliphatic rings. The Hall–Kier alpha value is -5.03. The number of hydrogen-bond acceptors (Lipinski definition) is 14. The van der Waals surface area contributed by atoms with Crippen LogP contribution in [0.3, 0.4) is 0 Å². The number of nitrogens with one attached hydrogen (secondary N) is 2. The van der Waals surface area contributed by atoms with Crippen LogP contribution in [0.5, 0.6) is 11.5 Å². The molecule has 0 bridgehead atoms. The standard InChI is InChI=1S/C32H40N12O4/c1-2-42-15-24(28(45)23-9-26-27(10-25(23)42)48-16-47-26)29(46)37-21-3-5-22(6-4-21)38-30-39-31(43-11-17(33)7-18(34)12-43)41-32(40-30)44-13-19(35)8-20(36)14-44/h3-6,9-10,15,17-20H,2,7-8,11-14,16,33-36H2,1H3,(H,37,46)(H,38,39,40,41)/t17-,18+,19-,20+. The van der Waals surface area contributed by atoms with Gasteiger partial charge in [-0.3, -0.25) is 9.59 Å². The van der Waals surface area contributed by atoms with Gasteiger partial charge in [0.15, 0.2) is 11.5 Å². The normalized spacial score (nSPS) is 22.2. The summed E-state index contributed by atoms with van der Waals surface area (Å²) in [7, 11) is 0. The summed E-state index contributed by atoms with van der Waals surface area (Å²) in [5.74, 6) is 1.77. The van der Waals surface area contributed by atoms with E-state index in [0.29, 0.717) is 84.3 Å². The summed E-state index contributed by atoms with van der Waals surface area (Å²) >= 11 is 0. The summed E-state index contributed by atoms with van der Waals surface area (Å²) in [6, 6.07) is 10.0. The van der Waals surface area contributed by atoms with Crippen LogP contribution in [0, 0.1) is 0 Å². The molecule has 0 radical (unpaired) electrons. The molecule has 16 nitrogen and oxygen atoms in total. The highest BCUT2D eigenvalue weighted by atomic mass is 16.7. The maximum atomic E-state index is 13.4. The molecule has 3 aliphatic heterocycles. The minimum absolute atomic E-state index is 0.0185. The second-order valence-corrected chi connectivity index (χ2v) is 12.6. The molecule has 0 spiro atoms. The monoisotopic (exact) mass is 656 g/mol. The molecule has 4 aromatic rings. The Morgan fingerprint density at radius 2 is 1.38 bits per heavy atom. The van der Waals surface area contributed by atoms with E-state index in [2.05, 4.69) is 10.6 Å². The number of ether oxygens (including phenoxy) is 2. The number of benzene rings is 2. The molecule has 10 N–H and O–H groups in total. The van der Waals surface area contributed by atoms with Gasteiger partial charge in [0.25, 0.3) is 5.91 Å². The number of hydrogen-bond donors (Lipinski definition) is 6. The first-order valence-corrected chi connectivity index (χ1v) is 16.1. The van der Waals surface area contributed by atoms with Crippen molar-refractivity contribution < 1.29 is 14.3 Å². The van der Waals surface area contributed by atoms with Gasteiger partial charge in [-0.1, -0.05) is 0 Å². The van der Waals surface area contributed by atoms with Gasteiger partial charge in [-0.05, 0) is 50.1 Å². The minimum Gasteiger partial charge on any atom is -0.454 e. The smallest absolute Gasteiger partial charge is 0.261 e. The van der Waals surface area contributed by atoms with Crippen LogP contribution in [0.25, 0.3) is 10.9 Å². The number of aromatic nitrogens is 4. The first kappa shape index (κ1) is 31.6. The van der Waals surface area contributed by atoms with Crippen LogP contribution in [-0.4, -0.2) is 82.6 Å². The van der Waals surface area contributed by atoms with Crippen molar-refractivity contribution in [2.75, 3.05) is 53.4 Å². The van der Waals surface area contributed by atoms with Gasteiger partial charge in [-0.2, -0.15) is 15.0 Å². The molecule has 0 aliphatic carbocycles. The molecule has 48 heavy (non-hydrogen) atoms. The Kier molecular flexibility index (Phi) is 8.47. The van der Waals surface area contributed by atoms with Crippen molar-refractivity contribution in [2.45, 2.75) is 50.5 Å². The van der Waals surface area contributed by atoms with Gasteiger partial charge in [0, 0.05) is 80.5 Å². The van der Waals surface area contributed by atoms with Gasteiger partial charge < -0.3 is 57.4 Å². The third-order valence-corrected chi connectivity index (χ3v) is 8.77. The van der Waals surface area contributed by atoms with Crippen LogP contribution < -0.4 is 58.3 Å². The average molecular weight is 657 g/mol. The second kappa shape index (κ2) is 12.9. The third kappa shape index (κ3) is 6.42. The number of rotatable bonds is 7. The highest BCUT2D eigenvalue weighted by Gasteiger charge is 2.29. The van der Waals surface area contributed by atoms with Crippen LogP contribution >= 0.6 is 0 Å². The molecular weight excluding hydrogens is 616 g/mol. The van der Waals surface area contributed by atoms with Crippen molar-refractivity contribution in [2.24, 2.45) is 22.9 Å². The molecule has 5 heterocycles. The van der Waals surface area contributed by atoms with Gasteiger partial charge in [0.1, 0.15) is 5.56 Å². The summed E-state index contributed by atoms with van der Waals surface area (Å²) < 4.78 is 12.8. The van der Waals surface area contributed by atoms with E-state index in [-0.39, 0.29) is 36.5 Å². The second-order valence-electron chi connectivity index (χ2n) is 12.6. The Morgan fingerprint density at radius 1 is 0.833 bits per heavy atom. The fraction of sp³-hybridized carbons (Fsp3) is 0.406. The quantitative estimate of drug-likeness (QED) is 0.161. The van der Waals surface area contributed by atoms with Gasteiger partial charge in [0.2, 0.25) is 30.1 Å². The zero-order valence-electron chi connectivity index (χ0n) is 26.6.